The average Bonchev–Trinajstić information content (AvgIpc) is 3.23. The zero-order valence-electron chi connectivity index (χ0n) is 13.5. The number of fused-ring (bicyclic) bond motifs is 1. The van der Waals surface area contributed by atoms with E-state index in [2.05, 4.69) is 54.7 Å². The van der Waals surface area contributed by atoms with Gasteiger partial charge >= 0.3 is 0 Å². The minimum absolute atomic E-state index is 0.179. The highest BCUT2D eigenvalue weighted by atomic mass is 16.7. The smallest absolute Gasteiger partial charge is 0.184 e. The highest BCUT2D eigenvalue weighted by Crippen LogP contribution is 2.32. The van der Waals surface area contributed by atoms with Gasteiger partial charge in [0.05, 0.1) is 13.2 Å². The fourth-order valence-corrected chi connectivity index (χ4v) is 3.52. The molecule has 1 unspecified atom stereocenters. The van der Waals surface area contributed by atoms with E-state index in [1.54, 1.807) is 0 Å². The van der Waals surface area contributed by atoms with E-state index >= 15 is 0 Å². The molecule has 4 rings (SSSR count). The molecule has 1 N–H and O–H groups in total. The molecule has 0 aromatic heterocycles. The van der Waals surface area contributed by atoms with Crippen LogP contribution in [0.2, 0.25) is 0 Å². The van der Waals surface area contributed by atoms with E-state index in [-0.39, 0.29) is 6.29 Å². The van der Waals surface area contributed by atoms with Crippen molar-refractivity contribution in [2.75, 3.05) is 13.2 Å². The maximum Gasteiger partial charge on any atom is 0.184 e. The molecule has 0 saturated carbocycles. The first-order valence-corrected chi connectivity index (χ1v) is 8.44. The van der Waals surface area contributed by atoms with Crippen molar-refractivity contribution in [3.05, 3.63) is 70.3 Å². The molecule has 3 heteroatoms. The number of benzene rings is 2. The molecule has 2 aromatic carbocycles. The summed E-state index contributed by atoms with van der Waals surface area (Å²) in [5, 5.41) is 3.71. The first-order chi connectivity index (χ1) is 11.3. The molecule has 0 amide bonds. The van der Waals surface area contributed by atoms with Crippen molar-refractivity contribution in [2.45, 2.75) is 38.6 Å². The molecule has 1 aliphatic heterocycles. The molecular weight excluding hydrogens is 286 g/mol. The predicted molar refractivity (Wildman–Crippen MR) is 90.2 cm³/mol. The predicted octanol–water partition coefficient (Wildman–Crippen LogP) is 3.82. The third-order valence-corrected chi connectivity index (χ3v) is 4.81. The van der Waals surface area contributed by atoms with E-state index in [1.165, 1.54) is 35.1 Å². The van der Waals surface area contributed by atoms with Gasteiger partial charge in [-0.25, -0.2) is 0 Å². The third kappa shape index (κ3) is 3.18. The average molecular weight is 309 g/mol. The van der Waals surface area contributed by atoms with Gasteiger partial charge in [0.1, 0.15) is 0 Å². The van der Waals surface area contributed by atoms with Crippen LogP contribution in [0.25, 0.3) is 0 Å². The van der Waals surface area contributed by atoms with E-state index in [9.17, 15) is 0 Å². The van der Waals surface area contributed by atoms with Crippen LogP contribution in [0.1, 0.15) is 46.6 Å². The largest absolute Gasteiger partial charge is 0.346 e. The van der Waals surface area contributed by atoms with Gasteiger partial charge in [0.25, 0.3) is 0 Å². The Bertz CT molecular complexity index is 675. The van der Waals surface area contributed by atoms with Crippen molar-refractivity contribution in [1.82, 2.24) is 5.32 Å². The van der Waals surface area contributed by atoms with Gasteiger partial charge in [-0.2, -0.15) is 0 Å². The summed E-state index contributed by atoms with van der Waals surface area (Å²) in [6.07, 6.45) is 2.20. The summed E-state index contributed by atoms with van der Waals surface area (Å²) < 4.78 is 11.1. The van der Waals surface area contributed by atoms with Gasteiger partial charge in [-0.15, -0.1) is 0 Å². The molecule has 0 bridgehead atoms. The van der Waals surface area contributed by atoms with Gasteiger partial charge < -0.3 is 14.8 Å². The summed E-state index contributed by atoms with van der Waals surface area (Å²) >= 11 is 0. The third-order valence-electron chi connectivity index (χ3n) is 4.81. The molecule has 3 nitrogen and oxygen atoms in total. The van der Waals surface area contributed by atoms with Crippen molar-refractivity contribution in [2.24, 2.45) is 0 Å². The second kappa shape index (κ2) is 6.44. The number of rotatable bonds is 4. The van der Waals surface area contributed by atoms with Gasteiger partial charge in [0.2, 0.25) is 0 Å². The molecule has 23 heavy (non-hydrogen) atoms. The molecule has 1 fully saturated rings. The zero-order valence-corrected chi connectivity index (χ0v) is 13.5. The first kappa shape index (κ1) is 14.9. The number of nitrogens with one attached hydrogen (secondary N) is 1. The molecule has 0 radical (unpaired) electrons. The number of hydrogen-bond donors (Lipinski definition) is 1. The maximum absolute atomic E-state index is 5.53. The van der Waals surface area contributed by atoms with Crippen molar-refractivity contribution >= 4 is 0 Å². The van der Waals surface area contributed by atoms with Crippen molar-refractivity contribution in [3.8, 4) is 0 Å². The van der Waals surface area contributed by atoms with Crippen LogP contribution in [0.4, 0.5) is 0 Å². The Labute approximate surface area is 137 Å². The van der Waals surface area contributed by atoms with Crippen molar-refractivity contribution in [3.63, 3.8) is 0 Å². The monoisotopic (exact) mass is 309 g/mol. The quantitative estimate of drug-likeness (QED) is 0.931. The normalized spacial score (nSPS) is 20.8. The van der Waals surface area contributed by atoms with E-state index < -0.39 is 0 Å². The van der Waals surface area contributed by atoms with E-state index in [0.29, 0.717) is 19.3 Å². The standard InChI is InChI=1S/C20H23NO2/c1-14-2-5-16-8-9-19(18(16)12-14)21-13-15-3-6-17(7-4-15)20-22-10-11-23-20/h2-7,12,19-21H,8-11,13H2,1H3. The van der Waals surface area contributed by atoms with Crippen LogP contribution in [0, 0.1) is 6.92 Å². The maximum atomic E-state index is 5.53. The Morgan fingerprint density at radius 3 is 2.61 bits per heavy atom. The number of hydrogen-bond acceptors (Lipinski definition) is 3. The number of ether oxygens (including phenoxy) is 2. The summed E-state index contributed by atoms with van der Waals surface area (Å²) in [4.78, 5) is 0. The van der Waals surface area contributed by atoms with E-state index in [1.807, 2.05) is 0 Å². The van der Waals surface area contributed by atoms with E-state index in [4.69, 9.17) is 9.47 Å². The highest BCUT2D eigenvalue weighted by molar-refractivity contribution is 5.37. The summed E-state index contributed by atoms with van der Waals surface area (Å²) in [6.45, 7) is 4.44. The SMILES string of the molecule is Cc1ccc2c(c1)C(NCc1ccc(C3OCCO3)cc1)CC2. The summed E-state index contributed by atoms with van der Waals surface area (Å²) in [5.41, 5.74) is 6.73. The van der Waals surface area contributed by atoms with E-state index in [0.717, 1.165) is 12.1 Å². The Kier molecular flexibility index (Phi) is 4.17. The summed E-state index contributed by atoms with van der Waals surface area (Å²) in [5.74, 6) is 0. The molecule has 1 saturated heterocycles. The van der Waals surface area contributed by atoms with Gasteiger partial charge in [-0.3, -0.25) is 0 Å². The Morgan fingerprint density at radius 2 is 1.83 bits per heavy atom. The van der Waals surface area contributed by atoms with Crippen molar-refractivity contribution < 1.29 is 9.47 Å². The lowest BCUT2D eigenvalue weighted by atomic mass is 10.0. The molecular formula is C20H23NO2. The van der Waals surface area contributed by atoms with Crippen LogP contribution in [-0.4, -0.2) is 13.2 Å². The fraction of sp³-hybridized carbons (Fsp3) is 0.400. The Morgan fingerprint density at radius 1 is 1.04 bits per heavy atom. The second-order valence-electron chi connectivity index (χ2n) is 6.49. The van der Waals surface area contributed by atoms with Crippen LogP contribution in [0.15, 0.2) is 42.5 Å². The second-order valence-corrected chi connectivity index (χ2v) is 6.49. The molecule has 0 spiro atoms. The van der Waals surface area contributed by atoms with Crippen LogP contribution >= 0.6 is 0 Å². The summed E-state index contributed by atoms with van der Waals surface area (Å²) in [7, 11) is 0. The van der Waals surface area contributed by atoms with Gasteiger partial charge in [0, 0.05) is 18.2 Å². The molecule has 1 heterocycles. The minimum Gasteiger partial charge on any atom is -0.346 e. The number of aryl methyl sites for hydroxylation is 2. The van der Waals surface area contributed by atoms with Gasteiger partial charge in [-0.1, -0.05) is 48.0 Å². The molecule has 2 aliphatic rings. The molecule has 1 atom stereocenters. The lowest BCUT2D eigenvalue weighted by Gasteiger charge is -2.15. The topological polar surface area (TPSA) is 30.5 Å². The van der Waals surface area contributed by atoms with Gasteiger partial charge in [-0.05, 0) is 36.5 Å². The van der Waals surface area contributed by atoms with Crippen molar-refractivity contribution in [1.29, 1.82) is 0 Å². The molecule has 2 aromatic rings. The van der Waals surface area contributed by atoms with Crippen LogP contribution in [0.5, 0.6) is 0 Å². The molecule has 1 aliphatic carbocycles. The Hall–Kier alpha value is -1.68. The Balaban J connectivity index is 1.39. The fourth-order valence-electron chi connectivity index (χ4n) is 3.52. The van der Waals surface area contributed by atoms with Crippen LogP contribution in [-0.2, 0) is 22.4 Å². The lowest BCUT2D eigenvalue weighted by molar-refractivity contribution is -0.0441. The lowest BCUT2D eigenvalue weighted by Crippen LogP contribution is -2.18. The zero-order chi connectivity index (χ0) is 15.6. The summed E-state index contributed by atoms with van der Waals surface area (Å²) in [6, 6.07) is 15.9. The van der Waals surface area contributed by atoms with Crippen LogP contribution < -0.4 is 5.32 Å². The highest BCUT2D eigenvalue weighted by Gasteiger charge is 2.22. The first-order valence-electron chi connectivity index (χ1n) is 8.44. The van der Waals surface area contributed by atoms with Gasteiger partial charge in [0.15, 0.2) is 6.29 Å². The molecule has 120 valence electrons. The minimum atomic E-state index is -0.179. The van der Waals surface area contributed by atoms with Crippen LogP contribution in [0.3, 0.4) is 0 Å².